The number of nitrogens with zero attached hydrogens (tertiary/aromatic N) is 3. The van der Waals surface area contributed by atoms with Crippen LogP contribution in [0, 0.1) is 0 Å². The van der Waals surface area contributed by atoms with Gasteiger partial charge in [-0.05, 0) is 12.1 Å². The maximum atomic E-state index is 4.41. The molecule has 90 valence electrons. The third-order valence-electron chi connectivity index (χ3n) is 3.14. The molecule has 2 heterocycles. The average molecular weight is 333 g/mol. The first-order valence-corrected chi connectivity index (χ1v) is 5.65. The molecule has 0 radical (unpaired) electrons. The molecule has 1 aliphatic rings. The fourth-order valence-corrected chi connectivity index (χ4v) is 2.07. The minimum Gasteiger partial charge on any atom is -1.00 e. The van der Waals surface area contributed by atoms with Crippen LogP contribution in [-0.2, 0) is 0 Å². The van der Waals surface area contributed by atoms with Gasteiger partial charge in [0, 0.05) is 19.2 Å². The smallest absolute Gasteiger partial charge is 0.128 e. The van der Waals surface area contributed by atoms with E-state index in [2.05, 4.69) is 36.1 Å². The van der Waals surface area contributed by atoms with Crippen LogP contribution in [0.4, 0.5) is 5.82 Å². The van der Waals surface area contributed by atoms with E-state index < -0.39 is 0 Å². The zero-order valence-electron chi connectivity index (χ0n) is 10.1. The third kappa shape index (κ3) is 3.59. The Morgan fingerprint density at radius 1 is 1.19 bits per heavy atom. The molecular formula is C12H20IN3. The van der Waals surface area contributed by atoms with Crippen molar-refractivity contribution < 1.29 is 28.5 Å². The number of quaternary nitrogens is 1. The van der Waals surface area contributed by atoms with Crippen molar-refractivity contribution in [3.8, 4) is 0 Å². The van der Waals surface area contributed by atoms with Gasteiger partial charge in [0.1, 0.15) is 5.82 Å². The fourth-order valence-electron chi connectivity index (χ4n) is 2.07. The highest BCUT2D eigenvalue weighted by atomic mass is 127. The Morgan fingerprint density at radius 3 is 2.69 bits per heavy atom. The predicted molar refractivity (Wildman–Crippen MR) is 62.9 cm³/mol. The summed E-state index contributed by atoms with van der Waals surface area (Å²) >= 11 is 0. The van der Waals surface area contributed by atoms with Gasteiger partial charge in [-0.1, -0.05) is 6.07 Å². The van der Waals surface area contributed by atoms with E-state index in [1.165, 1.54) is 19.5 Å². The van der Waals surface area contributed by atoms with E-state index in [1.807, 2.05) is 12.3 Å². The molecule has 0 atom stereocenters. The van der Waals surface area contributed by atoms with Gasteiger partial charge < -0.3 is 33.4 Å². The van der Waals surface area contributed by atoms with E-state index in [9.17, 15) is 0 Å². The minimum absolute atomic E-state index is 0. The van der Waals surface area contributed by atoms with Crippen molar-refractivity contribution in [2.75, 3.05) is 45.2 Å². The number of hydrogen-bond acceptors (Lipinski definition) is 2. The zero-order chi connectivity index (χ0) is 10.7. The second-order valence-corrected chi connectivity index (χ2v) is 4.91. The lowest BCUT2D eigenvalue weighted by atomic mass is 10.3. The first-order valence-electron chi connectivity index (χ1n) is 5.65. The summed E-state index contributed by atoms with van der Waals surface area (Å²) in [5, 5.41) is 0. The molecule has 16 heavy (non-hydrogen) atoms. The largest absolute Gasteiger partial charge is 1.00 e. The summed E-state index contributed by atoms with van der Waals surface area (Å²) in [5.41, 5.74) is 0. The first-order chi connectivity index (χ1) is 7.17. The molecule has 0 saturated carbocycles. The maximum absolute atomic E-state index is 4.41. The van der Waals surface area contributed by atoms with Gasteiger partial charge in [0.2, 0.25) is 0 Å². The van der Waals surface area contributed by atoms with Gasteiger partial charge in [-0.2, -0.15) is 0 Å². The van der Waals surface area contributed by atoms with E-state index in [-0.39, 0.29) is 24.0 Å². The van der Waals surface area contributed by atoms with Crippen LogP contribution in [0.1, 0.15) is 6.42 Å². The molecule has 0 N–H and O–H groups in total. The van der Waals surface area contributed by atoms with Gasteiger partial charge in [-0.15, -0.1) is 0 Å². The minimum atomic E-state index is 0. The Labute approximate surface area is 115 Å². The quantitative estimate of drug-likeness (QED) is 0.453. The van der Waals surface area contributed by atoms with E-state index in [4.69, 9.17) is 0 Å². The normalized spacial score (nSPS) is 19.8. The van der Waals surface area contributed by atoms with E-state index in [1.54, 1.807) is 0 Å². The van der Waals surface area contributed by atoms with E-state index in [0.717, 1.165) is 23.4 Å². The molecule has 1 saturated heterocycles. The van der Waals surface area contributed by atoms with Crippen molar-refractivity contribution in [1.29, 1.82) is 0 Å². The average Bonchev–Trinajstić information content (AvgIpc) is 2.41. The summed E-state index contributed by atoms with van der Waals surface area (Å²) in [4.78, 5) is 6.81. The van der Waals surface area contributed by atoms with E-state index in [0.29, 0.717) is 0 Å². The van der Waals surface area contributed by atoms with Crippen LogP contribution in [0.15, 0.2) is 24.4 Å². The maximum Gasteiger partial charge on any atom is 0.128 e. The lowest BCUT2D eigenvalue weighted by Gasteiger charge is -2.28. The standard InChI is InChI=1S/C12H20N3.HI/c1-15(2)10-5-8-14(9-11-15)12-6-3-4-7-13-12;/h3-4,6-7H,5,8-11H2,1-2H3;1H/q+1;/p-1. The van der Waals surface area contributed by atoms with Gasteiger partial charge in [0.25, 0.3) is 0 Å². The lowest BCUT2D eigenvalue weighted by Crippen LogP contribution is -3.00. The Bertz CT molecular complexity index is 313. The number of rotatable bonds is 1. The number of pyridine rings is 1. The van der Waals surface area contributed by atoms with Crippen LogP contribution in [0.3, 0.4) is 0 Å². The van der Waals surface area contributed by atoms with Crippen molar-refractivity contribution >= 4 is 5.82 Å². The molecule has 3 nitrogen and oxygen atoms in total. The van der Waals surface area contributed by atoms with Crippen molar-refractivity contribution in [1.82, 2.24) is 4.98 Å². The van der Waals surface area contributed by atoms with Crippen LogP contribution in [0.5, 0.6) is 0 Å². The summed E-state index contributed by atoms with van der Waals surface area (Å²) in [7, 11) is 4.61. The fraction of sp³-hybridized carbons (Fsp3) is 0.583. The lowest BCUT2D eigenvalue weighted by molar-refractivity contribution is -0.887. The Hall–Kier alpha value is -0.360. The van der Waals surface area contributed by atoms with Crippen molar-refractivity contribution in [3.05, 3.63) is 24.4 Å². The van der Waals surface area contributed by atoms with Crippen LogP contribution >= 0.6 is 0 Å². The van der Waals surface area contributed by atoms with Gasteiger partial charge in [-0.3, -0.25) is 0 Å². The van der Waals surface area contributed by atoms with Crippen LogP contribution in [-0.4, -0.2) is 49.7 Å². The highest BCUT2D eigenvalue weighted by Gasteiger charge is 2.21. The van der Waals surface area contributed by atoms with Gasteiger partial charge >= 0.3 is 0 Å². The number of aromatic nitrogens is 1. The molecule has 0 spiro atoms. The monoisotopic (exact) mass is 333 g/mol. The van der Waals surface area contributed by atoms with Gasteiger partial charge in [-0.25, -0.2) is 4.98 Å². The Balaban J connectivity index is 0.00000128. The van der Waals surface area contributed by atoms with Crippen LogP contribution < -0.4 is 28.9 Å². The molecular weight excluding hydrogens is 313 g/mol. The molecule has 0 aromatic carbocycles. The van der Waals surface area contributed by atoms with Gasteiger partial charge in [0.05, 0.1) is 33.7 Å². The highest BCUT2D eigenvalue weighted by Crippen LogP contribution is 2.14. The molecule has 0 unspecified atom stereocenters. The summed E-state index contributed by atoms with van der Waals surface area (Å²) in [5.74, 6) is 1.12. The van der Waals surface area contributed by atoms with Crippen LogP contribution in [0.2, 0.25) is 0 Å². The van der Waals surface area contributed by atoms with Crippen molar-refractivity contribution in [3.63, 3.8) is 0 Å². The molecule has 0 amide bonds. The zero-order valence-corrected chi connectivity index (χ0v) is 12.2. The number of hydrogen-bond donors (Lipinski definition) is 0. The highest BCUT2D eigenvalue weighted by molar-refractivity contribution is 5.37. The van der Waals surface area contributed by atoms with Crippen molar-refractivity contribution in [2.45, 2.75) is 6.42 Å². The molecule has 2 rings (SSSR count). The molecule has 1 aliphatic heterocycles. The number of halogens is 1. The summed E-state index contributed by atoms with van der Waals surface area (Å²) in [6.07, 6.45) is 3.13. The van der Waals surface area contributed by atoms with E-state index >= 15 is 0 Å². The second kappa shape index (κ2) is 5.82. The second-order valence-electron chi connectivity index (χ2n) is 4.91. The van der Waals surface area contributed by atoms with Crippen molar-refractivity contribution in [2.24, 2.45) is 0 Å². The molecule has 4 heteroatoms. The summed E-state index contributed by atoms with van der Waals surface area (Å²) < 4.78 is 1.13. The molecule has 0 bridgehead atoms. The molecule has 1 fully saturated rings. The Kier molecular flexibility index (Phi) is 4.98. The predicted octanol–water partition coefficient (Wildman–Crippen LogP) is -1.63. The topological polar surface area (TPSA) is 16.1 Å². The third-order valence-corrected chi connectivity index (χ3v) is 3.14. The van der Waals surface area contributed by atoms with Gasteiger partial charge in [0.15, 0.2) is 0 Å². The molecule has 1 aromatic rings. The number of likely N-dealkylation sites (N-methyl/N-ethyl adjacent to an activating group) is 1. The molecule has 0 aliphatic carbocycles. The summed E-state index contributed by atoms with van der Waals surface area (Å²) in [6, 6.07) is 6.14. The van der Waals surface area contributed by atoms with Crippen LogP contribution in [0.25, 0.3) is 0 Å². The Morgan fingerprint density at radius 2 is 2.00 bits per heavy atom. The summed E-state index contributed by atoms with van der Waals surface area (Å²) in [6.45, 7) is 4.72. The molecule has 1 aromatic heterocycles. The number of anilines is 1. The SMILES string of the molecule is C[N+]1(C)CCCN(c2ccccn2)CC1.[I-]. The first kappa shape index (κ1) is 13.7.